The van der Waals surface area contributed by atoms with Crippen molar-refractivity contribution in [3.8, 4) is 0 Å². The zero-order chi connectivity index (χ0) is 17.6. The summed E-state index contributed by atoms with van der Waals surface area (Å²) >= 11 is 6.89. The normalized spacial score (nSPS) is 14.8. The van der Waals surface area contributed by atoms with Crippen LogP contribution in [-0.2, 0) is 24.1 Å². The van der Waals surface area contributed by atoms with Gasteiger partial charge in [0.15, 0.2) is 0 Å². The first-order chi connectivity index (χ1) is 12.1. The third-order valence-corrected chi connectivity index (χ3v) is 7.11. The first-order valence-electron chi connectivity index (χ1n) is 8.79. The van der Waals surface area contributed by atoms with E-state index in [0.29, 0.717) is 6.54 Å². The Morgan fingerprint density at radius 3 is 2.84 bits per heavy atom. The molecule has 1 aliphatic rings. The molecule has 1 amide bonds. The molecule has 3 nitrogen and oxygen atoms in total. The molecule has 3 rings (SSSR count). The minimum absolute atomic E-state index is 0.0895. The van der Waals surface area contributed by atoms with Crippen LogP contribution in [0.2, 0.25) is 0 Å². The topological polar surface area (TPSA) is 42.0 Å². The third kappa shape index (κ3) is 5.56. The van der Waals surface area contributed by atoms with Crippen molar-refractivity contribution < 1.29 is 4.79 Å². The second kappa shape index (κ2) is 9.19. The van der Waals surface area contributed by atoms with Gasteiger partial charge in [0.1, 0.15) is 0 Å². The maximum absolute atomic E-state index is 12.2. The number of rotatable bonds is 7. The molecule has 1 aliphatic carbocycles. The predicted octanol–water partition coefficient (Wildman–Crippen LogP) is 5.01. The fraction of sp³-hybridized carbons (Fsp3) is 0.474. The summed E-state index contributed by atoms with van der Waals surface area (Å²) in [5.41, 5.74) is 1.33. The predicted molar refractivity (Wildman–Crippen MR) is 110 cm³/mol. The average Bonchev–Trinajstić information content (AvgIpc) is 3.03. The molecule has 2 aromatic rings. The number of carbonyl (C=O) groups excluding carboxylic acids is 1. The van der Waals surface area contributed by atoms with Crippen molar-refractivity contribution in [2.45, 2.75) is 55.6 Å². The minimum atomic E-state index is -0.0895. The summed E-state index contributed by atoms with van der Waals surface area (Å²) in [6.45, 7) is 2.67. The number of aryl methyl sites for hydroxylation is 3. The molecule has 6 heteroatoms. The number of nitrogens with one attached hydrogen (secondary N) is 1. The zero-order valence-electron chi connectivity index (χ0n) is 14.4. The Morgan fingerprint density at radius 2 is 2.08 bits per heavy atom. The van der Waals surface area contributed by atoms with Crippen LogP contribution in [0.3, 0.4) is 0 Å². The van der Waals surface area contributed by atoms with Gasteiger partial charge in [-0.05, 0) is 63.3 Å². The quantitative estimate of drug-likeness (QED) is 0.487. The third-order valence-electron chi connectivity index (χ3n) is 4.25. The zero-order valence-corrected chi connectivity index (χ0v) is 17.6. The van der Waals surface area contributed by atoms with Crippen molar-refractivity contribution in [2.24, 2.45) is 0 Å². The molecular formula is C19H23BrN2OS2. The molecular weight excluding hydrogens is 416 g/mol. The second-order valence-electron chi connectivity index (χ2n) is 6.29. The van der Waals surface area contributed by atoms with Gasteiger partial charge in [0.25, 0.3) is 0 Å². The van der Waals surface area contributed by atoms with E-state index < -0.39 is 0 Å². The van der Waals surface area contributed by atoms with Crippen LogP contribution in [0.15, 0.2) is 33.6 Å². The highest BCUT2D eigenvalue weighted by atomic mass is 79.9. The molecule has 0 bridgehead atoms. The molecule has 1 N–H and O–H groups in total. The molecule has 1 unspecified atom stereocenters. The first-order valence-corrected chi connectivity index (χ1v) is 11.3. The van der Waals surface area contributed by atoms with Crippen molar-refractivity contribution in [1.29, 1.82) is 0 Å². The molecule has 0 aliphatic heterocycles. The summed E-state index contributed by atoms with van der Waals surface area (Å²) in [7, 11) is 0. The van der Waals surface area contributed by atoms with Gasteiger partial charge < -0.3 is 5.32 Å². The van der Waals surface area contributed by atoms with Crippen LogP contribution < -0.4 is 5.32 Å². The van der Waals surface area contributed by atoms with Gasteiger partial charge in [-0.25, -0.2) is 4.98 Å². The lowest BCUT2D eigenvalue weighted by atomic mass is 10.0. The van der Waals surface area contributed by atoms with E-state index in [1.807, 2.05) is 42.5 Å². The van der Waals surface area contributed by atoms with E-state index in [1.165, 1.54) is 34.8 Å². The Hall–Kier alpha value is -0.850. The summed E-state index contributed by atoms with van der Waals surface area (Å²) in [5.74, 6) is 0.103. The van der Waals surface area contributed by atoms with Gasteiger partial charge >= 0.3 is 0 Å². The fourth-order valence-corrected chi connectivity index (χ4v) is 5.23. The van der Waals surface area contributed by atoms with Crippen LogP contribution in [0, 0.1) is 0 Å². The summed E-state index contributed by atoms with van der Waals surface area (Å²) in [5, 5.41) is 4.20. The Balaban J connectivity index is 1.38. The van der Waals surface area contributed by atoms with Crippen molar-refractivity contribution in [3.63, 3.8) is 0 Å². The van der Waals surface area contributed by atoms with Gasteiger partial charge in [0.2, 0.25) is 5.91 Å². The Kier molecular flexibility index (Phi) is 6.96. The van der Waals surface area contributed by atoms with E-state index in [4.69, 9.17) is 4.98 Å². The van der Waals surface area contributed by atoms with E-state index >= 15 is 0 Å². The lowest BCUT2D eigenvalue weighted by molar-refractivity contribution is -0.120. The van der Waals surface area contributed by atoms with Gasteiger partial charge in [0.05, 0.1) is 16.0 Å². The Labute approximate surface area is 166 Å². The number of hydrogen-bond acceptors (Lipinski definition) is 4. The molecule has 0 radical (unpaired) electrons. The summed E-state index contributed by atoms with van der Waals surface area (Å²) < 4.78 is 1.05. The number of benzene rings is 1. The van der Waals surface area contributed by atoms with E-state index in [1.54, 1.807) is 11.8 Å². The maximum Gasteiger partial charge on any atom is 0.233 e. The number of halogens is 1. The monoisotopic (exact) mass is 438 g/mol. The Bertz CT molecular complexity index is 691. The highest BCUT2D eigenvalue weighted by Crippen LogP contribution is 2.27. The summed E-state index contributed by atoms with van der Waals surface area (Å²) in [6, 6.07) is 8.06. The number of amides is 1. The van der Waals surface area contributed by atoms with Gasteiger partial charge in [-0.1, -0.05) is 15.9 Å². The molecule has 134 valence electrons. The van der Waals surface area contributed by atoms with Crippen LogP contribution in [-0.4, -0.2) is 22.7 Å². The minimum Gasteiger partial charge on any atom is -0.355 e. The number of nitrogens with zero attached hydrogens (tertiary/aromatic N) is 1. The molecule has 0 spiro atoms. The first kappa shape index (κ1) is 18.9. The van der Waals surface area contributed by atoms with Crippen LogP contribution >= 0.6 is 39.0 Å². The van der Waals surface area contributed by atoms with Crippen molar-refractivity contribution in [2.75, 3.05) is 6.54 Å². The lowest BCUT2D eigenvalue weighted by Gasteiger charge is -2.11. The molecule has 1 heterocycles. The van der Waals surface area contributed by atoms with Crippen LogP contribution in [0.25, 0.3) is 0 Å². The number of thioether (sulfide) groups is 1. The fourth-order valence-electron chi connectivity index (χ4n) is 2.88. The van der Waals surface area contributed by atoms with Crippen molar-refractivity contribution >= 4 is 44.9 Å². The number of fused-ring (bicyclic) bond motifs is 1. The van der Waals surface area contributed by atoms with Crippen molar-refractivity contribution in [3.05, 3.63) is 44.3 Å². The molecule has 0 saturated carbocycles. The lowest BCUT2D eigenvalue weighted by Crippen LogP contribution is -2.31. The molecule has 25 heavy (non-hydrogen) atoms. The standard InChI is InChI=1S/C19H23BrN2OS2/c1-13(24-15-10-8-14(20)9-11-15)19(23)21-12-4-7-18-22-16-5-2-3-6-17(16)25-18/h8-11,13H,2-7,12H2,1H3,(H,21,23). The maximum atomic E-state index is 12.2. The molecule has 1 aromatic heterocycles. The smallest absolute Gasteiger partial charge is 0.233 e. The number of carbonyl (C=O) groups is 1. The number of thiazole rings is 1. The largest absolute Gasteiger partial charge is 0.355 e. The van der Waals surface area contributed by atoms with Gasteiger partial charge in [0, 0.05) is 27.2 Å². The van der Waals surface area contributed by atoms with Gasteiger partial charge in [-0.3, -0.25) is 4.79 Å². The molecule has 0 fully saturated rings. The van der Waals surface area contributed by atoms with E-state index in [2.05, 4.69) is 21.2 Å². The SMILES string of the molecule is CC(Sc1ccc(Br)cc1)C(=O)NCCCc1nc2c(s1)CCCC2. The summed E-state index contributed by atoms with van der Waals surface area (Å²) in [4.78, 5) is 19.6. The van der Waals surface area contributed by atoms with Crippen LogP contribution in [0.5, 0.6) is 0 Å². The highest BCUT2D eigenvalue weighted by molar-refractivity contribution is 9.10. The summed E-state index contributed by atoms with van der Waals surface area (Å²) in [6.07, 6.45) is 6.85. The average molecular weight is 439 g/mol. The number of aromatic nitrogens is 1. The van der Waals surface area contributed by atoms with Gasteiger partial charge in [-0.2, -0.15) is 0 Å². The Morgan fingerprint density at radius 1 is 1.32 bits per heavy atom. The number of hydrogen-bond donors (Lipinski definition) is 1. The molecule has 1 aromatic carbocycles. The second-order valence-corrected chi connectivity index (χ2v) is 9.79. The molecule has 1 atom stereocenters. The molecule has 0 saturated heterocycles. The van der Waals surface area contributed by atoms with E-state index in [9.17, 15) is 4.79 Å². The van der Waals surface area contributed by atoms with E-state index in [0.717, 1.165) is 28.6 Å². The van der Waals surface area contributed by atoms with Crippen LogP contribution in [0.4, 0.5) is 0 Å². The van der Waals surface area contributed by atoms with E-state index in [-0.39, 0.29) is 11.2 Å². The van der Waals surface area contributed by atoms with Gasteiger partial charge in [-0.15, -0.1) is 23.1 Å². The van der Waals surface area contributed by atoms with Crippen molar-refractivity contribution in [1.82, 2.24) is 10.3 Å². The van der Waals surface area contributed by atoms with Crippen LogP contribution in [0.1, 0.15) is 41.8 Å². The highest BCUT2D eigenvalue weighted by Gasteiger charge is 2.16.